The summed E-state index contributed by atoms with van der Waals surface area (Å²) in [6.45, 7) is 13.2. The molecule has 0 bridgehead atoms. The molecule has 0 aliphatic heterocycles. The Morgan fingerprint density at radius 2 is 1.79 bits per heavy atom. The zero-order valence-electron chi connectivity index (χ0n) is 21.4. The van der Waals surface area contributed by atoms with Crippen LogP contribution in [0.5, 0.6) is 0 Å². The zero-order chi connectivity index (χ0) is 24.4. The largest absolute Gasteiger partial charge is 0.392 e. The number of carbonyl (C=O) groups is 2. The topological polar surface area (TPSA) is 78.4 Å². The molecule has 0 heterocycles. The Kier molecular flexibility index (Phi) is 7.93. The van der Waals surface area contributed by atoms with E-state index in [-0.39, 0.29) is 52.4 Å². The van der Waals surface area contributed by atoms with Gasteiger partial charge >= 0.3 is 0 Å². The Balaban J connectivity index is 1.65. The lowest BCUT2D eigenvalue weighted by Crippen LogP contribution is -2.58. The molecule has 3 rings (SSSR count). The van der Waals surface area contributed by atoms with E-state index in [4.69, 9.17) is 0 Å². The summed E-state index contributed by atoms with van der Waals surface area (Å²) in [5.41, 5.74) is 1.08. The highest BCUT2D eigenvalue weighted by Gasteiger charge is 2.53. The molecule has 7 atom stereocenters. The summed E-state index contributed by atoms with van der Waals surface area (Å²) in [5, 5.41) is 17.9. The second kappa shape index (κ2) is 10.2. The van der Waals surface area contributed by atoms with Crippen LogP contribution in [0.1, 0.15) is 79.2 Å². The van der Waals surface area contributed by atoms with Crippen LogP contribution in [0.2, 0.25) is 0 Å². The molecule has 33 heavy (non-hydrogen) atoms. The summed E-state index contributed by atoms with van der Waals surface area (Å²) in [6, 6.07) is 9.99. The molecule has 1 aromatic rings. The molecule has 1 unspecified atom stereocenters. The average Bonchev–Trinajstić information content (AvgIpc) is 2.73. The molecule has 0 spiro atoms. The van der Waals surface area contributed by atoms with Crippen molar-refractivity contribution >= 4 is 11.8 Å². The van der Waals surface area contributed by atoms with Gasteiger partial charge in [0.05, 0.1) is 6.10 Å². The lowest BCUT2D eigenvalue weighted by molar-refractivity contribution is -0.144. The highest BCUT2D eigenvalue weighted by atomic mass is 16.3. The number of rotatable bonds is 6. The van der Waals surface area contributed by atoms with Gasteiger partial charge in [0.15, 0.2) is 0 Å². The first-order valence-electron chi connectivity index (χ1n) is 12.7. The number of fused-ring (bicyclic) bond motifs is 1. The predicted molar refractivity (Wildman–Crippen MR) is 132 cm³/mol. The average molecular weight is 457 g/mol. The van der Waals surface area contributed by atoms with Crippen LogP contribution in [0, 0.1) is 34.5 Å². The molecule has 2 aliphatic rings. The minimum atomic E-state index is -0.543. The summed E-state index contributed by atoms with van der Waals surface area (Å²) in [4.78, 5) is 25.6. The Morgan fingerprint density at radius 3 is 2.42 bits per heavy atom. The first-order valence-corrected chi connectivity index (χ1v) is 12.7. The third-order valence-corrected chi connectivity index (χ3v) is 8.29. The smallest absolute Gasteiger partial charge is 0.223 e. The highest BCUT2D eigenvalue weighted by Crippen LogP contribution is 2.55. The second-order valence-electron chi connectivity index (χ2n) is 12.2. The van der Waals surface area contributed by atoms with E-state index < -0.39 is 6.10 Å². The number of aliphatic hydroxyl groups excluding tert-OH is 1. The molecule has 0 radical (unpaired) electrons. The van der Waals surface area contributed by atoms with E-state index in [2.05, 4.69) is 45.3 Å². The fourth-order valence-corrected chi connectivity index (χ4v) is 6.38. The molecule has 184 valence electrons. The van der Waals surface area contributed by atoms with Crippen molar-refractivity contribution in [3.05, 3.63) is 35.9 Å². The standard InChI is InChI=1S/C28H44N2O3/c1-18(26(33)29-17-20-10-8-7-9-11-20)21-12-14-28(6)15-13-22(19(2)24(28)25(21)32)30-23(31)16-27(3,4)5/h7-11,18-19,21-22,24-25,32H,12-17H2,1-6H3,(H,29,33)(H,30,31)/t18-,19+,21?,22-,24+,25-,28-/m0/s1. The summed E-state index contributed by atoms with van der Waals surface area (Å²) in [5.74, 6) is 0.0319. The van der Waals surface area contributed by atoms with Crippen molar-refractivity contribution in [1.29, 1.82) is 0 Å². The lowest BCUT2D eigenvalue weighted by Gasteiger charge is -2.56. The van der Waals surface area contributed by atoms with Gasteiger partial charge in [-0.25, -0.2) is 0 Å². The number of benzene rings is 1. The van der Waals surface area contributed by atoms with E-state index in [0.29, 0.717) is 13.0 Å². The van der Waals surface area contributed by atoms with E-state index in [9.17, 15) is 14.7 Å². The van der Waals surface area contributed by atoms with E-state index >= 15 is 0 Å². The Labute approximate surface area is 200 Å². The molecular formula is C28H44N2O3. The third kappa shape index (κ3) is 6.17. The van der Waals surface area contributed by atoms with Gasteiger partial charge in [0.2, 0.25) is 11.8 Å². The van der Waals surface area contributed by atoms with Gasteiger partial charge in [0.25, 0.3) is 0 Å². The fraction of sp³-hybridized carbons (Fsp3) is 0.714. The molecule has 1 aromatic carbocycles. The van der Waals surface area contributed by atoms with Gasteiger partial charge in [-0.2, -0.15) is 0 Å². The van der Waals surface area contributed by atoms with Crippen molar-refractivity contribution in [2.45, 2.75) is 92.3 Å². The van der Waals surface area contributed by atoms with E-state index in [0.717, 1.165) is 31.2 Å². The quantitative estimate of drug-likeness (QED) is 0.581. The molecule has 2 amide bonds. The van der Waals surface area contributed by atoms with Gasteiger partial charge in [0.1, 0.15) is 0 Å². The van der Waals surface area contributed by atoms with Gasteiger partial charge in [-0.05, 0) is 59.8 Å². The van der Waals surface area contributed by atoms with E-state index in [1.54, 1.807) is 0 Å². The first kappa shape index (κ1) is 25.7. The second-order valence-corrected chi connectivity index (χ2v) is 12.2. The van der Waals surface area contributed by atoms with Gasteiger partial charge in [-0.1, -0.05) is 71.9 Å². The first-order chi connectivity index (χ1) is 15.4. The summed E-state index contributed by atoms with van der Waals surface area (Å²) in [6.07, 6.45) is 3.79. The maximum absolute atomic E-state index is 12.9. The number of nitrogens with one attached hydrogen (secondary N) is 2. The van der Waals surface area contributed by atoms with Crippen LogP contribution < -0.4 is 10.6 Å². The predicted octanol–water partition coefficient (Wildman–Crippen LogP) is 4.68. The number of aliphatic hydroxyl groups is 1. The van der Waals surface area contributed by atoms with Crippen LogP contribution in [0.4, 0.5) is 0 Å². The molecule has 2 aliphatic carbocycles. The Hall–Kier alpha value is -1.88. The van der Waals surface area contributed by atoms with Crippen molar-refractivity contribution in [2.75, 3.05) is 0 Å². The minimum Gasteiger partial charge on any atom is -0.392 e. The lowest BCUT2D eigenvalue weighted by atomic mass is 9.51. The van der Waals surface area contributed by atoms with Crippen LogP contribution in [0.25, 0.3) is 0 Å². The normalized spacial score (nSPS) is 33.0. The molecule has 5 heteroatoms. The molecule has 3 N–H and O–H groups in total. The Morgan fingerprint density at radius 1 is 1.15 bits per heavy atom. The van der Waals surface area contributed by atoms with Gasteiger partial charge in [-0.3, -0.25) is 9.59 Å². The third-order valence-electron chi connectivity index (χ3n) is 8.29. The molecule has 2 saturated carbocycles. The number of hydrogen-bond acceptors (Lipinski definition) is 3. The maximum Gasteiger partial charge on any atom is 0.223 e. The minimum absolute atomic E-state index is 0.00463. The number of hydrogen-bond donors (Lipinski definition) is 3. The van der Waals surface area contributed by atoms with Crippen molar-refractivity contribution in [1.82, 2.24) is 10.6 Å². The number of amides is 2. The molecule has 5 nitrogen and oxygen atoms in total. The monoisotopic (exact) mass is 456 g/mol. The van der Waals surface area contributed by atoms with E-state index in [1.807, 2.05) is 37.3 Å². The van der Waals surface area contributed by atoms with Crippen LogP contribution in [0.3, 0.4) is 0 Å². The Bertz CT molecular complexity index is 818. The van der Waals surface area contributed by atoms with Crippen molar-refractivity contribution in [3.63, 3.8) is 0 Å². The fourth-order valence-electron chi connectivity index (χ4n) is 6.38. The number of carbonyl (C=O) groups excluding carboxylic acids is 2. The van der Waals surface area contributed by atoms with E-state index in [1.165, 1.54) is 0 Å². The molecule has 2 fully saturated rings. The van der Waals surface area contributed by atoms with Crippen molar-refractivity contribution < 1.29 is 14.7 Å². The molecular weight excluding hydrogens is 412 g/mol. The van der Waals surface area contributed by atoms with Crippen molar-refractivity contribution in [3.8, 4) is 0 Å². The maximum atomic E-state index is 12.9. The SMILES string of the molecule is C[C@H]1[C@@H]2[C@@H](O)C([C@H](C)C(=O)NCc3ccccc3)CC[C@@]2(C)CC[C@@H]1NC(=O)CC(C)(C)C. The van der Waals surface area contributed by atoms with Gasteiger partial charge in [0, 0.05) is 24.9 Å². The van der Waals surface area contributed by atoms with Crippen LogP contribution in [0.15, 0.2) is 30.3 Å². The van der Waals surface area contributed by atoms with Crippen LogP contribution in [-0.4, -0.2) is 29.1 Å². The van der Waals surface area contributed by atoms with Crippen molar-refractivity contribution in [2.24, 2.45) is 34.5 Å². The summed E-state index contributed by atoms with van der Waals surface area (Å²) in [7, 11) is 0. The zero-order valence-corrected chi connectivity index (χ0v) is 21.4. The molecule has 0 aromatic heterocycles. The summed E-state index contributed by atoms with van der Waals surface area (Å²) < 4.78 is 0. The van der Waals surface area contributed by atoms with Gasteiger partial charge < -0.3 is 15.7 Å². The molecule has 0 saturated heterocycles. The van der Waals surface area contributed by atoms with Crippen LogP contribution >= 0.6 is 0 Å². The van der Waals surface area contributed by atoms with Crippen LogP contribution in [-0.2, 0) is 16.1 Å². The highest BCUT2D eigenvalue weighted by molar-refractivity contribution is 5.78. The van der Waals surface area contributed by atoms with Gasteiger partial charge in [-0.15, -0.1) is 0 Å². The summed E-state index contributed by atoms with van der Waals surface area (Å²) >= 11 is 0.